The third-order valence-electron chi connectivity index (χ3n) is 3.98. The predicted octanol–water partition coefficient (Wildman–Crippen LogP) is 3.33. The van der Waals surface area contributed by atoms with Crippen LogP contribution in [0, 0.1) is 0 Å². The minimum Gasteiger partial charge on any atom is -0.307 e. The van der Waals surface area contributed by atoms with Gasteiger partial charge in [-0.05, 0) is 12.8 Å². The highest BCUT2D eigenvalue weighted by Gasteiger charge is 2.30. The van der Waals surface area contributed by atoms with Gasteiger partial charge in [0.25, 0.3) is 0 Å². The topological polar surface area (TPSA) is 37.8 Å². The average Bonchev–Trinajstić information content (AvgIpc) is 2.96. The molecule has 5 heteroatoms. The summed E-state index contributed by atoms with van der Waals surface area (Å²) in [6, 6.07) is 0. The van der Waals surface area contributed by atoms with E-state index in [0.29, 0.717) is 10.5 Å². The standard InChI is InChI=1S/C15H23N3S2/c1-3-5-11-10-8-16-9-12(10)18-15(17-11)14-13(4-2)19-6-7-20-14/h13-14,16H,3-9H2,1-2H3. The van der Waals surface area contributed by atoms with Crippen LogP contribution in [0.3, 0.4) is 0 Å². The fraction of sp³-hybridized carbons (Fsp3) is 0.733. The molecule has 1 N–H and O–H groups in total. The second-order valence-electron chi connectivity index (χ2n) is 5.42. The Kier molecular flexibility index (Phi) is 4.89. The van der Waals surface area contributed by atoms with Crippen LogP contribution in [0.1, 0.15) is 54.7 Å². The number of nitrogens with zero attached hydrogens (tertiary/aromatic N) is 2. The van der Waals surface area contributed by atoms with Crippen LogP contribution in [0.4, 0.5) is 0 Å². The summed E-state index contributed by atoms with van der Waals surface area (Å²) in [4.78, 5) is 9.88. The van der Waals surface area contributed by atoms with Gasteiger partial charge in [-0.25, -0.2) is 9.97 Å². The summed E-state index contributed by atoms with van der Waals surface area (Å²) in [5.74, 6) is 3.60. The van der Waals surface area contributed by atoms with Crippen molar-refractivity contribution in [1.82, 2.24) is 15.3 Å². The molecule has 1 fully saturated rings. The summed E-state index contributed by atoms with van der Waals surface area (Å²) < 4.78 is 0. The predicted molar refractivity (Wildman–Crippen MR) is 88.3 cm³/mol. The van der Waals surface area contributed by atoms with Crippen LogP contribution in [0.25, 0.3) is 0 Å². The monoisotopic (exact) mass is 309 g/mol. The number of thioether (sulfide) groups is 2. The van der Waals surface area contributed by atoms with Crippen molar-refractivity contribution in [2.75, 3.05) is 11.5 Å². The number of hydrogen-bond donors (Lipinski definition) is 1. The Labute approximate surface area is 130 Å². The third-order valence-corrected chi connectivity index (χ3v) is 7.23. The first kappa shape index (κ1) is 14.7. The molecule has 3 rings (SSSR count). The van der Waals surface area contributed by atoms with Crippen LogP contribution in [0.5, 0.6) is 0 Å². The second kappa shape index (κ2) is 6.67. The van der Waals surface area contributed by atoms with E-state index in [4.69, 9.17) is 9.97 Å². The molecule has 0 aromatic carbocycles. The van der Waals surface area contributed by atoms with Crippen molar-refractivity contribution in [3.63, 3.8) is 0 Å². The van der Waals surface area contributed by atoms with Gasteiger partial charge in [-0.15, -0.1) is 11.8 Å². The van der Waals surface area contributed by atoms with Gasteiger partial charge in [-0.2, -0.15) is 11.8 Å². The molecule has 1 aromatic heterocycles. The van der Waals surface area contributed by atoms with Crippen molar-refractivity contribution in [2.45, 2.75) is 56.7 Å². The molecule has 1 aromatic rings. The fourth-order valence-corrected chi connectivity index (χ4v) is 5.96. The first-order valence-corrected chi connectivity index (χ1v) is 9.75. The lowest BCUT2D eigenvalue weighted by Crippen LogP contribution is -2.21. The smallest absolute Gasteiger partial charge is 0.143 e. The molecule has 110 valence electrons. The van der Waals surface area contributed by atoms with Gasteiger partial charge >= 0.3 is 0 Å². The van der Waals surface area contributed by atoms with Gasteiger partial charge in [0.15, 0.2) is 0 Å². The van der Waals surface area contributed by atoms with E-state index in [2.05, 4.69) is 42.7 Å². The maximum absolute atomic E-state index is 4.97. The third kappa shape index (κ3) is 2.85. The number of rotatable bonds is 4. The Morgan fingerprint density at radius 3 is 2.80 bits per heavy atom. The SMILES string of the molecule is CCCc1nc(C2SCCSC2CC)nc2c1CNC2. The van der Waals surface area contributed by atoms with E-state index in [1.54, 1.807) is 0 Å². The van der Waals surface area contributed by atoms with Crippen molar-refractivity contribution in [3.05, 3.63) is 22.8 Å². The van der Waals surface area contributed by atoms with Gasteiger partial charge in [0.1, 0.15) is 5.82 Å². The van der Waals surface area contributed by atoms with Crippen LogP contribution < -0.4 is 5.32 Å². The van der Waals surface area contributed by atoms with Gasteiger partial charge in [0.2, 0.25) is 0 Å². The quantitative estimate of drug-likeness (QED) is 0.923. The Balaban J connectivity index is 1.94. The lowest BCUT2D eigenvalue weighted by Gasteiger charge is -2.29. The van der Waals surface area contributed by atoms with Crippen molar-refractivity contribution in [3.8, 4) is 0 Å². The molecule has 0 spiro atoms. The van der Waals surface area contributed by atoms with Gasteiger partial charge in [0, 0.05) is 41.1 Å². The highest BCUT2D eigenvalue weighted by atomic mass is 32.2. The summed E-state index contributed by atoms with van der Waals surface area (Å²) in [5.41, 5.74) is 3.92. The maximum Gasteiger partial charge on any atom is 0.143 e. The van der Waals surface area contributed by atoms with E-state index in [1.165, 1.54) is 34.9 Å². The fourth-order valence-electron chi connectivity index (χ4n) is 2.97. The normalized spacial score (nSPS) is 25.7. The second-order valence-corrected chi connectivity index (χ2v) is 8.01. The number of nitrogens with one attached hydrogen (secondary N) is 1. The molecule has 20 heavy (non-hydrogen) atoms. The molecule has 0 saturated carbocycles. The molecule has 3 nitrogen and oxygen atoms in total. The molecule has 2 aliphatic heterocycles. The number of aromatic nitrogens is 2. The van der Waals surface area contributed by atoms with E-state index >= 15 is 0 Å². The van der Waals surface area contributed by atoms with Gasteiger partial charge in [0.05, 0.1) is 10.9 Å². The van der Waals surface area contributed by atoms with Gasteiger partial charge < -0.3 is 5.32 Å². The zero-order chi connectivity index (χ0) is 13.9. The molecule has 1 saturated heterocycles. The summed E-state index contributed by atoms with van der Waals surface area (Å²) in [7, 11) is 0. The van der Waals surface area contributed by atoms with Gasteiger partial charge in [-0.3, -0.25) is 0 Å². The van der Waals surface area contributed by atoms with Crippen LogP contribution in [-0.4, -0.2) is 26.7 Å². The van der Waals surface area contributed by atoms with Gasteiger partial charge in [-0.1, -0.05) is 20.3 Å². The minimum absolute atomic E-state index is 0.486. The number of aryl methyl sites for hydroxylation is 1. The van der Waals surface area contributed by atoms with Crippen molar-refractivity contribution < 1.29 is 0 Å². The Morgan fingerprint density at radius 1 is 1.15 bits per heavy atom. The van der Waals surface area contributed by atoms with Crippen molar-refractivity contribution in [2.24, 2.45) is 0 Å². The van der Waals surface area contributed by atoms with E-state index in [0.717, 1.165) is 31.8 Å². The first-order valence-electron chi connectivity index (χ1n) is 7.66. The summed E-state index contributed by atoms with van der Waals surface area (Å²) in [6.07, 6.45) is 3.46. The Hall–Kier alpha value is -0.260. The molecular formula is C15H23N3S2. The molecule has 0 radical (unpaired) electrons. The number of hydrogen-bond acceptors (Lipinski definition) is 5. The number of fused-ring (bicyclic) bond motifs is 1. The molecule has 2 unspecified atom stereocenters. The lowest BCUT2D eigenvalue weighted by molar-refractivity contribution is 0.724. The maximum atomic E-state index is 4.97. The van der Waals surface area contributed by atoms with E-state index in [9.17, 15) is 0 Å². The molecule has 3 heterocycles. The van der Waals surface area contributed by atoms with Crippen LogP contribution in [0.2, 0.25) is 0 Å². The lowest BCUT2D eigenvalue weighted by atomic mass is 10.1. The van der Waals surface area contributed by atoms with E-state index in [-0.39, 0.29) is 0 Å². The minimum atomic E-state index is 0.486. The van der Waals surface area contributed by atoms with Crippen LogP contribution >= 0.6 is 23.5 Å². The molecule has 0 aliphatic carbocycles. The average molecular weight is 310 g/mol. The molecule has 2 atom stereocenters. The summed E-state index contributed by atoms with van der Waals surface area (Å²) in [6.45, 7) is 6.40. The Morgan fingerprint density at radius 2 is 2.00 bits per heavy atom. The molecule has 0 bridgehead atoms. The van der Waals surface area contributed by atoms with Crippen molar-refractivity contribution in [1.29, 1.82) is 0 Å². The van der Waals surface area contributed by atoms with Crippen LogP contribution in [0.15, 0.2) is 0 Å². The zero-order valence-electron chi connectivity index (χ0n) is 12.3. The summed E-state index contributed by atoms with van der Waals surface area (Å²) >= 11 is 4.16. The zero-order valence-corrected chi connectivity index (χ0v) is 13.9. The summed E-state index contributed by atoms with van der Waals surface area (Å²) in [5, 5.41) is 4.59. The molecule has 0 amide bonds. The Bertz CT molecular complexity index is 478. The highest BCUT2D eigenvalue weighted by molar-refractivity contribution is 8.06. The molecular weight excluding hydrogens is 286 g/mol. The molecule has 2 aliphatic rings. The van der Waals surface area contributed by atoms with E-state index < -0.39 is 0 Å². The first-order chi connectivity index (χ1) is 9.83. The van der Waals surface area contributed by atoms with Crippen molar-refractivity contribution >= 4 is 23.5 Å². The largest absolute Gasteiger partial charge is 0.307 e. The highest BCUT2D eigenvalue weighted by Crippen LogP contribution is 2.43. The van der Waals surface area contributed by atoms with E-state index in [1.807, 2.05) is 0 Å². The van der Waals surface area contributed by atoms with Crippen LogP contribution in [-0.2, 0) is 19.5 Å².